The van der Waals surface area contributed by atoms with E-state index in [1.54, 1.807) is 11.6 Å². The first-order valence-electron chi connectivity index (χ1n) is 8.36. The van der Waals surface area contributed by atoms with Gasteiger partial charge in [-0.1, -0.05) is 41.7 Å². The summed E-state index contributed by atoms with van der Waals surface area (Å²) < 4.78 is 1.53. The van der Waals surface area contributed by atoms with Gasteiger partial charge in [-0.15, -0.1) is 0 Å². The molecule has 1 fully saturated rings. The number of thiazole rings is 1. The van der Waals surface area contributed by atoms with Crippen LogP contribution >= 0.6 is 11.3 Å². The highest BCUT2D eigenvalue weighted by Crippen LogP contribution is 2.31. The third-order valence-corrected chi connectivity index (χ3v) is 5.32. The van der Waals surface area contributed by atoms with E-state index in [9.17, 15) is 10.1 Å². The lowest BCUT2D eigenvalue weighted by atomic mass is 10.1. The Hall–Kier alpha value is -2.45. The van der Waals surface area contributed by atoms with Crippen LogP contribution in [0.25, 0.3) is 4.96 Å². The predicted octanol–water partition coefficient (Wildman–Crippen LogP) is 3.55. The number of nitrogens with zero attached hydrogens (tertiary/aromatic N) is 4. The fourth-order valence-corrected chi connectivity index (χ4v) is 4.06. The summed E-state index contributed by atoms with van der Waals surface area (Å²) in [4.78, 5) is 18.7. The van der Waals surface area contributed by atoms with Gasteiger partial charge in [0, 0.05) is 11.9 Å². The summed E-state index contributed by atoms with van der Waals surface area (Å²) in [7, 11) is 0. The molecule has 1 N–H and O–H groups in total. The Labute approximate surface area is 149 Å². The Kier molecular flexibility index (Phi) is 4.37. The predicted molar refractivity (Wildman–Crippen MR) is 98.2 cm³/mol. The van der Waals surface area contributed by atoms with Gasteiger partial charge in [0.25, 0.3) is 4.96 Å². The Morgan fingerprint density at radius 3 is 2.76 bits per heavy atom. The van der Waals surface area contributed by atoms with Crippen LogP contribution in [0.4, 0.5) is 11.6 Å². The van der Waals surface area contributed by atoms with Crippen molar-refractivity contribution >= 4 is 27.9 Å². The van der Waals surface area contributed by atoms with Crippen molar-refractivity contribution in [3.05, 3.63) is 57.6 Å². The molecule has 8 heteroatoms. The van der Waals surface area contributed by atoms with Gasteiger partial charge in [-0.2, -0.15) is 9.38 Å². The molecule has 7 nitrogen and oxygen atoms in total. The second kappa shape index (κ2) is 6.81. The maximum atomic E-state index is 11.6. The molecular formula is C17H19N5O2S. The molecule has 1 aliphatic heterocycles. The first-order valence-corrected chi connectivity index (χ1v) is 9.24. The fourth-order valence-electron chi connectivity index (χ4n) is 3.35. The molecule has 2 aromatic heterocycles. The van der Waals surface area contributed by atoms with Crippen LogP contribution in [-0.2, 0) is 0 Å². The number of rotatable bonds is 6. The van der Waals surface area contributed by atoms with E-state index >= 15 is 0 Å². The van der Waals surface area contributed by atoms with E-state index in [-0.39, 0.29) is 16.8 Å². The number of imidazole rings is 1. The Morgan fingerprint density at radius 1 is 1.28 bits per heavy atom. The molecule has 3 aromatic rings. The maximum Gasteiger partial charge on any atom is 0.372 e. The van der Waals surface area contributed by atoms with Crippen molar-refractivity contribution in [3.63, 3.8) is 0 Å². The van der Waals surface area contributed by atoms with Crippen LogP contribution in [0.15, 0.2) is 41.9 Å². The van der Waals surface area contributed by atoms with Crippen LogP contribution < -0.4 is 5.32 Å². The first kappa shape index (κ1) is 16.0. The Morgan fingerprint density at radius 2 is 2.04 bits per heavy atom. The number of benzene rings is 1. The summed E-state index contributed by atoms with van der Waals surface area (Å²) in [6.07, 6.45) is 4.11. The van der Waals surface area contributed by atoms with Gasteiger partial charge < -0.3 is 20.3 Å². The number of hydrogen-bond acceptors (Lipinski definition) is 6. The molecule has 4 rings (SSSR count). The van der Waals surface area contributed by atoms with Gasteiger partial charge >= 0.3 is 5.82 Å². The lowest BCUT2D eigenvalue weighted by Gasteiger charge is -2.24. The summed E-state index contributed by atoms with van der Waals surface area (Å²) in [5.41, 5.74) is 1.11. The number of anilines is 1. The summed E-state index contributed by atoms with van der Waals surface area (Å²) in [5, 5.41) is 16.7. The second-order valence-electron chi connectivity index (χ2n) is 6.21. The molecule has 0 amide bonds. The van der Waals surface area contributed by atoms with Crippen molar-refractivity contribution in [2.24, 2.45) is 0 Å². The van der Waals surface area contributed by atoms with E-state index in [0.717, 1.165) is 25.2 Å². The largest absolute Gasteiger partial charge is 0.372 e. The third kappa shape index (κ3) is 3.22. The van der Waals surface area contributed by atoms with Crippen molar-refractivity contribution in [2.45, 2.75) is 18.9 Å². The van der Waals surface area contributed by atoms with Crippen molar-refractivity contribution in [1.82, 2.24) is 14.3 Å². The minimum absolute atomic E-state index is 0.00129. The van der Waals surface area contributed by atoms with E-state index in [0.29, 0.717) is 10.8 Å². The molecule has 1 aromatic carbocycles. The fraction of sp³-hybridized carbons (Fsp3) is 0.353. The van der Waals surface area contributed by atoms with Crippen molar-refractivity contribution in [2.75, 3.05) is 25.0 Å². The zero-order chi connectivity index (χ0) is 17.2. The van der Waals surface area contributed by atoms with Crippen LogP contribution in [0.3, 0.4) is 0 Å². The lowest BCUT2D eigenvalue weighted by molar-refractivity contribution is -0.389. The summed E-state index contributed by atoms with van der Waals surface area (Å²) in [5.74, 6) is 0.337. The minimum Gasteiger partial charge on any atom is -0.358 e. The van der Waals surface area contributed by atoms with E-state index in [1.165, 1.54) is 28.6 Å². The van der Waals surface area contributed by atoms with Gasteiger partial charge in [-0.25, -0.2) is 0 Å². The molecule has 1 unspecified atom stereocenters. The van der Waals surface area contributed by atoms with Crippen LogP contribution in [0, 0.1) is 10.1 Å². The zero-order valence-electron chi connectivity index (χ0n) is 13.7. The van der Waals surface area contributed by atoms with Gasteiger partial charge in [0.15, 0.2) is 0 Å². The van der Waals surface area contributed by atoms with Gasteiger partial charge in [0.2, 0.25) is 5.82 Å². The number of fused-ring (bicyclic) bond motifs is 1. The zero-order valence-corrected chi connectivity index (χ0v) is 14.5. The standard InChI is InChI=1S/C17H19N5O2S/c23-22(24)16-15(19-17-21(16)10-11-25-17)18-14(12-20-8-4-5-9-20)13-6-2-1-3-7-13/h1-3,6-7,10-11,14,18H,4-5,8-9,12H2. The molecule has 0 aliphatic carbocycles. The molecule has 3 heterocycles. The number of aromatic nitrogens is 2. The normalized spacial score (nSPS) is 16.3. The highest BCUT2D eigenvalue weighted by atomic mass is 32.1. The smallest absolute Gasteiger partial charge is 0.358 e. The molecule has 0 spiro atoms. The highest BCUT2D eigenvalue weighted by molar-refractivity contribution is 7.15. The highest BCUT2D eigenvalue weighted by Gasteiger charge is 2.27. The SMILES string of the molecule is O=[N+]([O-])c1c(NC(CN2CCCC2)c2ccccc2)nc2sccn12. The van der Waals surface area contributed by atoms with Gasteiger partial charge in [0.1, 0.15) is 6.20 Å². The second-order valence-corrected chi connectivity index (χ2v) is 7.09. The molecular weight excluding hydrogens is 338 g/mol. The van der Waals surface area contributed by atoms with Gasteiger partial charge in [0.05, 0.1) is 6.04 Å². The summed E-state index contributed by atoms with van der Waals surface area (Å²) in [6.45, 7) is 2.96. The number of likely N-dealkylation sites (tertiary alicyclic amines) is 1. The minimum atomic E-state index is -0.368. The van der Waals surface area contributed by atoms with Crippen LogP contribution in [0.2, 0.25) is 0 Å². The average molecular weight is 357 g/mol. The molecule has 0 saturated carbocycles. The number of nitro groups is 1. The van der Waals surface area contributed by atoms with E-state index < -0.39 is 0 Å². The molecule has 130 valence electrons. The Bertz CT molecular complexity index is 870. The molecule has 0 bridgehead atoms. The maximum absolute atomic E-state index is 11.6. The molecule has 1 aliphatic rings. The topological polar surface area (TPSA) is 75.7 Å². The van der Waals surface area contributed by atoms with Gasteiger partial charge in [-0.05, 0) is 36.4 Å². The monoisotopic (exact) mass is 357 g/mol. The summed E-state index contributed by atoms with van der Waals surface area (Å²) >= 11 is 1.39. The number of nitrogens with one attached hydrogen (secondary N) is 1. The van der Waals surface area contributed by atoms with E-state index in [1.807, 2.05) is 18.2 Å². The number of hydrogen-bond donors (Lipinski definition) is 1. The van der Waals surface area contributed by atoms with Crippen molar-refractivity contribution in [3.8, 4) is 0 Å². The van der Waals surface area contributed by atoms with Crippen LogP contribution in [0.5, 0.6) is 0 Å². The third-order valence-electron chi connectivity index (χ3n) is 4.56. The van der Waals surface area contributed by atoms with Gasteiger partial charge in [-0.3, -0.25) is 0 Å². The molecule has 0 radical (unpaired) electrons. The van der Waals surface area contributed by atoms with E-state index in [4.69, 9.17) is 0 Å². The molecule has 25 heavy (non-hydrogen) atoms. The molecule has 1 atom stereocenters. The average Bonchev–Trinajstić information content (AvgIpc) is 3.31. The van der Waals surface area contributed by atoms with Crippen molar-refractivity contribution in [1.29, 1.82) is 0 Å². The quantitative estimate of drug-likeness (QED) is 0.539. The first-order chi connectivity index (χ1) is 12.2. The van der Waals surface area contributed by atoms with Crippen LogP contribution in [-0.4, -0.2) is 38.8 Å². The van der Waals surface area contributed by atoms with Crippen LogP contribution in [0.1, 0.15) is 24.4 Å². The molecule has 1 saturated heterocycles. The summed E-state index contributed by atoms with van der Waals surface area (Å²) in [6, 6.07) is 10.0. The van der Waals surface area contributed by atoms with Crippen molar-refractivity contribution < 1.29 is 4.92 Å². The lowest BCUT2D eigenvalue weighted by Crippen LogP contribution is -2.29. The Balaban J connectivity index is 1.67. The van der Waals surface area contributed by atoms with E-state index in [2.05, 4.69) is 27.3 Å².